The maximum atomic E-state index is 14.1. The molecule has 0 radical (unpaired) electrons. The average molecular weight is 729 g/mol. The third kappa shape index (κ3) is 5.85. The minimum atomic E-state index is -0.215. The highest BCUT2D eigenvalue weighted by Crippen LogP contribution is 2.44. The van der Waals surface area contributed by atoms with Gasteiger partial charge in [-0.25, -0.2) is 0 Å². The summed E-state index contributed by atoms with van der Waals surface area (Å²) in [5, 5.41) is 5.23. The topological polar surface area (TPSA) is 74.8 Å². The lowest BCUT2D eigenvalue weighted by Gasteiger charge is -2.34. The average Bonchev–Trinajstić information content (AvgIpc) is 3.21. The molecule has 6 nitrogen and oxygen atoms in total. The molecule has 8 rings (SSSR count). The van der Waals surface area contributed by atoms with E-state index in [1.54, 1.807) is 0 Å². The number of benzene rings is 6. The van der Waals surface area contributed by atoms with E-state index in [-0.39, 0.29) is 35.7 Å². The molecular formula is C49H48N2O4. The van der Waals surface area contributed by atoms with Gasteiger partial charge in [0.15, 0.2) is 0 Å². The van der Waals surface area contributed by atoms with E-state index < -0.39 is 0 Å². The van der Waals surface area contributed by atoms with Crippen LogP contribution in [0.2, 0.25) is 0 Å². The molecule has 55 heavy (non-hydrogen) atoms. The molecule has 2 aliphatic rings. The zero-order valence-electron chi connectivity index (χ0n) is 32.3. The van der Waals surface area contributed by atoms with Crippen molar-refractivity contribution >= 4 is 55.9 Å². The predicted molar refractivity (Wildman–Crippen MR) is 223 cm³/mol. The van der Waals surface area contributed by atoms with Crippen LogP contribution in [0.3, 0.4) is 0 Å². The number of imide groups is 2. The Hall–Kier alpha value is -5.62. The first-order valence-corrected chi connectivity index (χ1v) is 20.2. The van der Waals surface area contributed by atoms with Gasteiger partial charge in [0.25, 0.3) is 23.6 Å². The maximum absolute atomic E-state index is 14.1. The Bertz CT molecular complexity index is 2490. The van der Waals surface area contributed by atoms with E-state index in [1.807, 2.05) is 79.7 Å². The van der Waals surface area contributed by atoms with Crippen LogP contribution in [0.25, 0.3) is 54.6 Å². The molecule has 0 saturated carbocycles. The molecule has 0 fully saturated rings. The smallest absolute Gasteiger partial charge is 0.261 e. The molecule has 0 N–H and O–H groups in total. The molecule has 2 atom stereocenters. The van der Waals surface area contributed by atoms with Crippen LogP contribution in [-0.2, 0) is 0 Å². The van der Waals surface area contributed by atoms with Crippen molar-refractivity contribution in [1.82, 2.24) is 9.80 Å². The standard InChI is InChI=1S/C49H48N2O4/c1-5-9-11-17-31(8-4)51-47(53)41-23-15-21-39-37(27-29-43(45(39)41)49(51)55)35-25-24-34(32-18-12-13-19-33(32)35)36-26-28-42-44-38(36)20-14-22-40(44)46(52)50(48(42)54)30(7-3)16-10-6-2/h12-15,18-31H,5-11,16-17H2,1-4H3. The van der Waals surface area contributed by atoms with E-state index in [2.05, 4.69) is 45.0 Å². The van der Waals surface area contributed by atoms with E-state index in [4.69, 9.17) is 0 Å². The monoisotopic (exact) mass is 728 g/mol. The van der Waals surface area contributed by atoms with E-state index in [9.17, 15) is 19.2 Å². The molecule has 6 heteroatoms. The summed E-state index contributed by atoms with van der Waals surface area (Å²) in [7, 11) is 0. The van der Waals surface area contributed by atoms with Crippen molar-refractivity contribution in [3.05, 3.63) is 119 Å². The van der Waals surface area contributed by atoms with Crippen LogP contribution in [0.1, 0.15) is 127 Å². The number of hydrogen-bond donors (Lipinski definition) is 0. The van der Waals surface area contributed by atoms with Crippen LogP contribution in [-0.4, -0.2) is 45.5 Å². The zero-order chi connectivity index (χ0) is 38.4. The molecular weight excluding hydrogens is 681 g/mol. The van der Waals surface area contributed by atoms with Gasteiger partial charge in [0, 0.05) is 45.1 Å². The molecule has 0 aliphatic carbocycles. The summed E-state index contributed by atoms with van der Waals surface area (Å²) in [6.45, 7) is 8.39. The van der Waals surface area contributed by atoms with Gasteiger partial charge in [-0.15, -0.1) is 0 Å². The van der Waals surface area contributed by atoms with Gasteiger partial charge in [-0.05, 0) is 93.7 Å². The lowest BCUT2D eigenvalue weighted by molar-refractivity contribution is 0.0508. The number of nitrogens with zero attached hydrogens (tertiary/aromatic N) is 2. The molecule has 2 heterocycles. The van der Waals surface area contributed by atoms with Gasteiger partial charge in [-0.3, -0.25) is 29.0 Å². The van der Waals surface area contributed by atoms with Crippen LogP contribution < -0.4 is 0 Å². The third-order valence-corrected chi connectivity index (χ3v) is 12.1. The molecule has 2 unspecified atom stereocenters. The minimum absolute atomic E-state index is 0.129. The molecule has 6 aromatic rings. The number of carbonyl (C=O) groups excluding carboxylic acids is 4. The normalized spacial score (nSPS) is 15.1. The quantitative estimate of drug-likeness (QED) is 0.0876. The van der Waals surface area contributed by atoms with Crippen LogP contribution in [0.4, 0.5) is 0 Å². The fraction of sp³-hybridized carbons (Fsp3) is 0.306. The van der Waals surface area contributed by atoms with Crippen molar-refractivity contribution in [3.63, 3.8) is 0 Å². The first-order valence-electron chi connectivity index (χ1n) is 20.2. The Kier molecular flexibility index (Phi) is 9.85. The summed E-state index contributed by atoms with van der Waals surface area (Å²) in [5.74, 6) is -0.850. The Labute approximate surface area is 323 Å². The highest BCUT2D eigenvalue weighted by molar-refractivity contribution is 6.29. The molecule has 6 aromatic carbocycles. The summed E-state index contributed by atoms with van der Waals surface area (Å²) in [4.78, 5) is 59.3. The first kappa shape index (κ1) is 36.4. The van der Waals surface area contributed by atoms with Crippen LogP contribution in [0, 0.1) is 0 Å². The van der Waals surface area contributed by atoms with Crippen molar-refractivity contribution in [1.29, 1.82) is 0 Å². The lowest BCUT2D eigenvalue weighted by Crippen LogP contribution is -2.46. The largest absolute Gasteiger partial charge is 0.271 e. The lowest BCUT2D eigenvalue weighted by atomic mass is 9.84. The number of amides is 4. The summed E-state index contributed by atoms with van der Waals surface area (Å²) in [6, 6.07) is 31.7. The maximum Gasteiger partial charge on any atom is 0.261 e. The molecule has 0 spiro atoms. The number of hydrogen-bond acceptors (Lipinski definition) is 4. The van der Waals surface area contributed by atoms with Crippen LogP contribution >= 0.6 is 0 Å². The van der Waals surface area contributed by atoms with Gasteiger partial charge >= 0.3 is 0 Å². The van der Waals surface area contributed by atoms with Gasteiger partial charge in [0.05, 0.1) is 0 Å². The fourth-order valence-electron chi connectivity index (χ4n) is 9.23. The summed E-state index contributed by atoms with van der Waals surface area (Å²) in [6.07, 6.45) is 8.18. The Morgan fingerprint density at radius 1 is 0.382 bits per heavy atom. The van der Waals surface area contributed by atoms with Crippen molar-refractivity contribution in [3.8, 4) is 22.3 Å². The second-order valence-corrected chi connectivity index (χ2v) is 15.2. The number of rotatable bonds is 13. The van der Waals surface area contributed by atoms with Gasteiger partial charge in [-0.2, -0.15) is 0 Å². The van der Waals surface area contributed by atoms with E-state index >= 15 is 0 Å². The van der Waals surface area contributed by atoms with E-state index in [1.165, 1.54) is 9.80 Å². The molecule has 2 aliphatic heterocycles. The SMILES string of the molecule is CCCCCC(CC)N1C(=O)c2cccc3c(-c4ccc(-c5ccc6c7c(cccc57)C(=O)N(C(CC)CCCC)C6=O)c5ccccc45)ccc(c23)C1=O. The molecule has 0 bridgehead atoms. The Balaban J connectivity index is 1.24. The fourth-order valence-corrected chi connectivity index (χ4v) is 9.23. The van der Waals surface area contributed by atoms with Gasteiger partial charge < -0.3 is 0 Å². The molecule has 278 valence electrons. The number of fused-ring (bicyclic) bond motifs is 1. The summed E-state index contributed by atoms with van der Waals surface area (Å²) < 4.78 is 0. The second kappa shape index (κ2) is 14.9. The Morgan fingerprint density at radius 3 is 1.13 bits per heavy atom. The molecule has 0 saturated heterocycles. The number of unbranched alkanes of at least 4 members (excludes halogenated alkanes) is 3. The first-order chi connectivity index (χ1) is 26.8. The van der Waals surface area contributed by atoms with Gasteiger partial charge in [0.2, 0.25) is 0 Å². The Morgan fingerprint density at radius 2 is 0.727 bits per heavy atom. The van der Waals surface area contributed by atoms with E-state index in [0.29, 0.717) is 27.6 Å². The highest BCUT2D eigenvalue weighted by atomic mass is 16.2. The van der Waals surface area contributed by atoms with Crippen LogP contribution in [0.15, 0.2) is 97.1 Å². The van der Waals surface area contributed by atoms with Crippen molar-refractivity contribution in [2.24, 2.45) is 0 Å². The van der Waals surface area contributed by atoms with Crippen molar-refractivity contribution < 1.29 is 19.2 Å². The molecule has 4 amide bonds. The molecule has 0 aromatic heterocycles. The summed E-state index contributed by atoms with van der Waals surface area (Å²) >= 11 is 0. The third-order valence-electron chi connectivity index (χ3n) is 12.1. The number of carbonyl (C=O) groups is 4. The van der Waals surface area contributed by atoms with Gasteiger partial charge in [-0.1, -0.05) is 133 Å². The summed E-state index contributed by atoms with van der Waals surface area (Å²) in [5.41, 5.74) is 6.19. The van der Waals surface area contributed by atoms with Crippen LogP contribution in [0.5, 0.6) is 0 Å². The predicted octanol–water partition coefficient (Wildman–Crippen LogP) is 12.0. The second-order valence-electron chi connectivity index (χ2n) is 15.2. The minimum Gasteiger partial charge on any atom is -0.271 e. The van der Waals surface area contributed by atoms with Gasteiger partial charge in [0.1, 0.15) is 0 Å². The highest BCUT2D eigenvalue weighted by Gasteiger charge is 2.38. The van der Waals surface area contributed by atoms with Crippen molar-refractivity contribution in [2.45, 2.75) is 97.6 Å². The zero-order valence-corrected chi connectivity index (χ0v) is 32.3. The van der Waals surface area contributed by atoms with E-state index in [0.717, 1.165) is 107 Å². The van der Waals surface area contributed by atoms with Crippen molar-refractivity contribution in [2.75, 3.05) is 0 Å².